The largest absolute Gasteiger partial charge is 0.376 e. The Morgan fingerprint density at radius 3 is 1.69 bits per heavy atom. The zero-order valence-corrected chi connectivity index (χ0v) is 49.0. The lowest BCUT2D eigenvalue weighted by Gasteiger charge is -2.47. The van der Waals surface area contributed by atoms with Crippen molar-refractivity contribution in [1.82, 2.24) is 0 Å². The summed E-state index contributed by atoms with van der Waals surface area (Å²) in [5.41, 5.74) is 29.2. The summed E-state index contributed by atoms with van der Waals surface area (Å²) >= 11 is 2.05. The van der Waals surface area contributed by atoms with E-state index < -0.39 is 0 Å². The van der Waals surface area contributed by atoms with E-state index >= 15 is 0 Å². The number of benzene rings is 8. The molecule has 3 heterocycles. The molecule has 2 aliphatic carbocycles. The first kappa shape index (κ1) is 49.9. The first-order valence-electron chi connectivity index (χ1n) is 28.5. The predicted molar refractivity (Wildman–Crippen MR) is 335 cm³/mol. The number of fused-ring (bicyclic) bond motifs is 8. The molecule has 0 bridgehead atoms. The van der Waals surface area contributed by atoms with Crippen molar-refractivity contribution in [2.24, 2.45) is 0 Å². The summed E-state index contributed by atoms with van der Waals surface area (Å²) in [6, 6.07) is 59.9. The van der Waals surface area contributed by atoms with E-state index in [-0.39, 0.29) is 33.9 Å². The molecule has 1 aromatic heterocycles. The normalized spacial score (nSPS) is 17.4. The van der Waals surface area contributed by atoms with Crippen molar-refractivity contribution < 1.29 is 0 Å². The van der Waals surface area contributed by atoms with E-state index in [1.165, 1.54) is 151 Å². The molecule has 4 heteroatoms. The van der Waals surface area contributed by atoms with Gasteiger partial charge in [-0.1, -0.05) is 179 Å². The van der Waals surface area contributed by atoms with Crippen LogP contribution >= 0.6 is 11.3 Å². The summed E-state index contributed by atoms with van der Waals surface area (Å²) in [5, 5.41) is 1.35. The van der Waals surface area contributed by atoms with E-state index in [1.807, 2.05) is 11.3 Å². The van der Waals surface area contributed by atoms with E-state index in [2.05, 4.69) is 258 Å². The molecule has 0 fully saturated rings. The Morgan fingerprint density at radius 2 is 1.05 bits per heavy atom. The highest BCUT2D eigenvalue weighted by atomic mass is 32.1. The highest BCUT2D eigenvalue weighted by molar-refractivity contribution is 7.32. The van der Waals surface area contributed by atoms with Gasteiger partial charge in [-0.05, 0) is 206 Å². The highest BCUT2D eigenvalue weighted by Crippen LogP contribution is 2.57. The number of rotatable bonds is 5. The number of thiophene rings is 1. The molecule has 0 atom stereocenters. The van der Waals surface area contributed by atoms with Crippen LogP contribution in [0.1, 0.15) is 146 Å². The number of nitrogens with zero attached hydrogens (tertiary/aromatic N) is 2. The fraction of sp³-hybridized carbons (Fsp3) is 0.315. The van der Waals surface area contributed by atoms with Crippen LogP contribution in [0.4, 0.5) is 28.4 Å². The van der Waals surface area contributed by atoms with E-state index in [9.17, 15) is 0 Å². The molecular formula is C73H75BN2S. The molecule has 8 aromatic carbocycles. The van der Waals surface area contributed by atoms with Gasteiger partial charge in [-0.25, -0.2) is 0 Å². The molecule has 13 rings (SSSR count). The Labute approximate surface area is 464 Å². The van der Waals surface area contributed by atoms with Crippen LogP contribution in [0.3, 0.4) is 0 Å². The lowest BCUT2D eigenvalue weighted by Crippen LogP contribution is -2.60. The van der Waals surface area contributed by atoms with Crippen molar-refractivity contribution in [2.75, 3.05) is 9.71 Å². The molecule has 0 saturated heterocycles. The van der Waals surface area contributed by atoms with Gasteiger partial charge in [-0.15, -0.1) is 11.3 Å². The van der Waals surface area contributed by atoms with Gasteiger partial charge in [0, 0.05) is 43.1 Å². The summed E-state index contributed by atoms with van der Waals surface area (Å²) < 4.78 is 2.77. The minimum Gasteiger partial charge on any atom is -0.376 e. The second-order valence-corrected chi connectivity index (χ2v) is 28.3. The van der Waals surface area contributed by atoms with Gasteiger partial charge in [0.15, 0.2) is 0 Å². The summed E-state index contributed by atoms with van der Waals surface area (Å²) in [7, 11) is 0. The Kier molecular flexibility index (Phi) is 11.1. The zero-order chi connectivity index (χ0) is 53.9. The van der Waals surface area contributed by atoms with Crippen molar-refractivity contribution >= 4 is 66.9 Å². The van der Waals surface area contributed by atoms with Crippen molar-refractivity contribution in [2.45, 2.75) is 150 Å². The molecule has 2 aliphatic heterocycles. The second kappa shape index (κ2) is 17.2. The van der Waals surface area contributed by atoms with Crippen LogP contribution in [0.5, 0.6) is 0 Å². The van der Waals surface area contributed by atoms with Crippen molar-refractivity contribution in [3.63, 3.8) is 0 Å². The van der Waals surface area contributed by atoms with Gasteiger partial charge in [0.25, 0.3) is 0 Å². The number of hydrogen-bond donors (Lipinski definition) is 0. The van der Waals surface area contributed by atoms with Gasteiger partial charge < -0.3 is 9.71 Å². The van der Waals surface area contributed by atoms with Crippen LogP contribution in [-0.4, -0.2) is 6.85 Å². The molecule has 0 saturated carbocycles. The molecule has 77 heavy (non-hydrogen) atoms. The monoisotopic (exact) mass is 1020 g/mol. The number of hydrogen-bond acceptors (Lipinski definition) is 3. The Hall–Kier alpha value is -6.62. The molecule has 0 unspecified atom stereocenters. The second-order valence-electron chi connectivity index (χ2n) is 27.3. The lowest BCUT2D eigenvalue weighted by molar-refractivity contribution is 0.332. The summed E-state index contributed by atoms with van der Waals surface area (Å²) in [4.78, 5) is 5.56. The molecule has 2 nitrogen and oxygen atoms in total. The standard InChI is InChI=1S/C73H75BN2S/c1-44-35-45(2)65(46(3)36-44)50-37-55-53-28-25-49(47-21-17-15-18-22-47)38-62(53)76(52-27-29-57-58(41-52)71(9,10)32-31-70(57,7)8)74-66(55)63(39-50)75(61-30-26-51(69(4,5)6)40-54(61)48-23-19-16-20-24-48)67-56-42-59-60(43-64(56)77-68(67)74)73(13,14)34-33-72(59,11)12/h15-30,35-43H,31-34H2,1-14H3. The zero-order valence-electron chi connectivity index (χ0n) is 48.1. The van der Waals surface area contributed by atoms with Crippen molar-refractivity contribution in [3.8, 4) is 44.5 Å². The number of aryl methyl sites for hydroxylation is 3. The summed E-state index contributed by atoms with van der Waals surface area (Å²) in [6.45, 7) is 33.6. The predicted octanol–water partition coefficient (Wildman–Crippen LogP) is 19.5. The first-order valence-corrected chi connectivity index (χ1v) is 29.3. The summed E-state index contributed by atoms with van der Waals surface area (Å²) in [6.07, 6.45) is 4.68. The van der Waals surface area contributed by atoms with Crippen molar-refractivity contribution in [1.29, 1.82) is 0 Å². The highest BCUT2D eigenvalue weighted by Gasteiger charge is 2.49. The van der Waals surface area contributed by atoms with Crippen LogP contribution in [0, 0.1) is 20.8 Å². The van der Waals surface area contributed by atoms with E-state index in [4.69, 9.17) is 0 Å². The maximum atomic E-state index is 2.80. The quantitative estimate of drug-likeness (QED) is 0.159. The van der Waals surface area contributed by atoms with Crippen LogP contribution in [0.2, 0.25) is 0 Å². The fourth-order valence-electron chi connectivity index (χ4n) is 14.4. The average molecular weight is 1020 g/mol. The van der Waals surface area contributed by atoms with Gasteiger partial charge in [0.1, 0.15) is 0 Å². The van der Waals surface area contributed by atoms with E-state index in [1.54, 1.807) is 0 Å². The van der Waals surface area contributed by atoms with Crippen molar-refractivity contribution in [3.05, 3.63) is 196 Å². The molecule has 0 amide bonds. The molecule has 386 valence electrons. The smallest absolute Gasteiger partial charge is 0.343 e. The Balaban J connectivity index is 1.22. The first-order chi connectivity index (χ1) is 36.5. The van der Waals surface area contributed by atoms with Crippen LogP contribution < -0.4 is 20.0 Å². The van der Waals surface area contributed by atoms with Gasteiger partial charge in [-0.3, -0.25) is 0 Å². The minimum atomic E-state index is -0.124. The number of anilines is 5. The molecule has 0 spiro atoms. The van der Waals surface area contributed by atoms with E-state index in [0.717, 1.165) is 12.8 Å². The average Bonchev–Trinajstić information content (AvgIpc) is 3.65. The van der Waals surface area contributed by atoms with Gasteiger partial charge >= 0.3 is 6.85 Å². The van der Waals surface area contributed by atoms with Gasteiger partial charge in [0.2, 0.25) is 0 Å². The minimum absolute atomic E-state index is 0.0308. The molecular weight excluding hydrogens is 948 g/mol. The third-order valence-corrected chi connectivity index (χ3v) is 20.2. The topological polar surface area (TPSA) is 6.48 Å². The van der Waals surface area contributed by atoms with Gasteiger partial charge in [-0.2, -0.15) is 0 Å². The Morgan fingerprint density at radius 1 is 0.468 bits per heavy atom. The molecule has 4 aliphatic rings. The SMILES string of the molecule is Cc1cc(C)c(-c2cc3c4c(c2)N(c2ccc(C(C)(C)C)cc2-c2ccccc2)c2c(sc5cc6c(cc25)C(C)(C)CCC6(C)C)B4N(c2ccc4c(c2)C(C)(C)CCC4(C)C)c2cc(-c4ccccc4)ccc2-3)c(C)c1. The van der Waals surface area contributed by atoms with E-state index in [0.29, 0.717) is 0 Å². The lowest BCUT2D eigenvalue weighted by atomic mass is 9.46. The maximum absolute atomic E-state index is 2.80. The fourth-order valence-corrected chi connectivity index (χ4v) is 15.7. The van der Waals surface area contributed by atoms with Crippen LogP contribution in [0.25, 0.3) is 54.6 Å². The third kappa shape index (κ3) is 7.85. The molecule has 0 N–H and O–H groups in total. The molecule has 0 radical (unpaired) electrons. The maximum Gasteiger partial charge on any atom is 0.343 e. The van der Waals surface area contributed by atoms with Crippen LogP contribution in [0.15, 0.2) is 152 Å². The summed E-state index contributed by atoms with van der Waals surface area (Å²) in [5.74, 6) is 0. The third-order valence-electron chi connectivity index (χ3n) is 19.0. The van der Waals surface area contributed by atoms with Crippen LogP contribution in [-0.2, 0) is 27.1 Å². The Bertz CT molecular complexity index is 3880. The van der Waals surface area contributed by atoms with Gasteiger partial charge in [0.05, 0.1) is 11.4 Å². The molecule has 9 aromatic rings.